The molecule has 1 nitrogen and oxygen atoms in total. The Morgan fingerprint density at radius 2 is 2.27 bits per heavy atom. The summed E-state index contributed by atoms with van der Waals surface area (Å²) in [7, 11) is 0. The molecule has 0 spiro atoms. The molecule has 1 N–H and O–H groups in total. The Kier molecular flexibility index (Phi) is 3.60. The summed E-state index contributed by atoms with van der Waals surface area (Å²) in [6.45, 7) is 6.51. The van der Waals surface area contributed by atoms with Gasteiger partial charge in [0.05, 0.1) is 0 Å². The molecular weight excluding hydrogens is 154 g/mol. The molecule has 0 unspecified atom stereocenters. The first-order valence-corrected chi connectivity index (χ1v) is 5.01. The van der Waals surface area contributed by atoms with E-state index in [9.17, 15) is 0 Å². The van der Waals surface area contributed by atoms with Crippen LogP contribution in [0.15, 0.2) is 10.8 Å². The van der Waals surface area contributed by atoms with Crippen molar-refractivity contribution >= 4 is 11.3 Å². The summed E-state index contributed by atoms with van der Waals surface area (Å²) in [6, 6.07) is 0. The summed E-state index contributed by atoms with van der Waals surface area (Å²) in [5, 5.41) is 7.80. The predicted octanol–water partition coefficient (Wildman–Crippen LogP) is 2.56. The van der Waals surface area contributed by atoms with Gasteiger partial charge in [-0.2, -0.15) is 11.3 Å². The molecule has 0 fully saturated rings. The topological polar surface area (TPSA) is 12.0 Å². The maximum Gasteiger partial charge on any atom is 0.0216 e. The lowest BCUT2D eigenvalue weighted by molar-refractivity contribution is 0.675. The molecule has 0 aromatic carbocycles. The van der Waals surface area contributed by atoms with Crippen LogP contribution in [-0.4, -0.2) is 6.54 Å². The van der Waals surface area contributed by atoms with E-state index in [1.54, 1.807) is 11.3 Å². The molecule has 62 valence electrons. The molecule has 1 heterocycles. The number of nitrogens with one attached hydrogen (secondary N) is 1. The highest BCUT2D eigenvalue weighted by Crippen LogP contribution is 2.12. The maximum absolute atomic E-state index is 3.38. The summed E-state index contributed by atoms with van der Waals surface area (Å²) in [5.41, 5.74) is 2.86. The van der Waals surface area contributed by atoms with Crippen molar-refractivity contribution in [1.29, 1.82) is 0 Å². The lowest BCUT2D eigenvalue weighted by Gasteiger charge is -2.00. The summed E-state index contributed by atoms with van der Waals surface area (Å²) >= 11 is 1.78. The van der Waals surface area contributed by atoms with Crippen molar-refractivity contribution in [3.63, 3.8) is 0 Å². The Labute approximate surface area is 72.4 Å². The van der Waals surface area contributed by atoms with Gasteiger partial charge in [-0.25, -0.2) is 0 Å². The van der Waals surface area contributed by atoms with E-state index in [0.29, 0.717) is 0 Å². The van der Waals surface area contributed by atoms with Crippen molar-refractivity contribution in [2.75, 3.05) is 6.54 Å². The van der Waals surface area contributed by atoms with Crippen molar-refractivity contribution in [3.8, 4) is 0 Å². The zero-order chi connectivity index (χ0) is 8.10. The third-order valence-corrected chi connectivity index (χ3v) is 2.61. The van der Waals surface area contributed by atoms with Gasteiger partial charge in [-0.1, -0.05) is 6.92 Å². The highest BCUT2D eigenvalue weighted by Gasteiger charge is 1.96. The van der Waals surface area contributed by atoms with E-state index >= 15 is 0 Å². The molecule has 2 heteroatoms. The van der Waals surface area contributed by atoms with Crippen molar-refractivity contribution < 1.29 is 0 Å². The predicted molar refractivity (Wildman–Crippen MR) is 51.1 cm³/mol. The smallest absolute Gasteiger partial charge is 0.0216 e. The molecule has 0 saturated heterocycles. The molecule has 1 aromatic heterocycles. The summed E-state index contributed by atoms with van der Waals surface area (Å²) in [5.74, 6) is 0. The molecule has 0 saturated carbocycles. The normalized spacial score (nSPS) is 10.4. The fourth-order valence-electron chi connectivity index (χ4n) is 0.968. The number of rotatable bonds is 4. The molecule has 0 amide bonds. The Bertz CT molecular complexity index is 205. The van der Waals surface area contributed by atoms with Crippen molar-refractivity contribution in [3.05, 3.63) is 21.9 Å². The van der Waals surface area contributed by atoms with Crippen LogP contribution in [0, 0.1) is 6.92 Å². The second-order valence-corrected chi connectivity index (χ2v) is 3.50. The monoisotopic (exact) mass is 169 g/mol. The van der Waals surface area contributed by atoms with Gasteiger partial charge in [-0.15, -0.1) is 0 Å². The Morgan fingerprint density at radius 3 is 2.82 bits per heavy atom. The number of hydrogen-bond donors (Lipinski definition) is 1. The molecule has 11 heavy (non-hydrogen) atoms. The lowest BCUT2D eigenvalue weighted by atomic mass is 10.2. The molecule has 0 aliphatic rings. The molecule has 0 bridgehead atoms. The minimum atomic E-state index is 1.03. The van der Waals surface area contributed by atoms with E-state index in [2.05, 4.69) is 29.9 Å². The van der Waals surface area contributed by atoms with Crippen LogP contribution in [0.5, 0.6) is 0 Å². The van der Waals surface area contributed by atoms with Crippen LogP contribution < -0.4 is 5.32 Å². The van der Waals surface area contributed by atoms with E-state index in [4.69, 9.17) is 0 Å². The summed E-state index contributed by atoms with van der Waals surface area (Å²) < 4.78 is 0. The minimum absolute atomic E-state index is 1.03. The van der Waals surface area contributed by atoms with Gasteiger partial charge in [-0.05, 0) is 41.8 Å². The van der Waals surface area contributed by atoms with Crippen molar-refractivity contribution in [2.45, 2.75) is 26.8 Å². The summed E-state index contributed by atoms with van der Waals surface area (Å²) in [6.07, 6.45) is 1.21. The van der Waals surface area contributed by atoms with Crippen LogP contribution >= 0.6 is 11.3 Å². The van der Waals surface area contributed by atoms with Crippen LogP contribution in [0.1, 0.15) is 24.5 Å². The van der Waals surface area contributed by atoms with E-state index < -0.39 is 0 Å². The minimum Gasteiger partial charge on any atom is -0.313 e. The third kappa shape index (κ3) is 2.64. The molecule has 0 aliphatic carbocycles. The second-order valence-electron chi connectivity index (χ2n) is 2.76. The molecule has 1 rings (SSSR count). The first-order chi connectivity index (χ1) is 5.34. The second kappa shape index (κ2) is 4.52. The molecule has 0 aliphatic heterocycles. The largest absolute Gasteiger partial charge is 0.313 e. The van der Waals surface area contributed by atoms with Crippen LogP contribution in [0.4, 0.5) is 0 Å². The molecule has 0 atom stereocenters. The van der Waals surface area contributed by atoms with Gasteiger partial charge in [0.2, 0.25) is 0 Å². The Hall–Kier alpha value is -0.340. The lowest BCUT2D eigenvalue weighted by Crippen LogP contribution is -2.13. The molecule has 0 radical (unpaired) electrons. The number of hydrogen-bond acceptors (Lipinski definition) is 2. The number of aryl methyl sites for hydroxylation is 1. The van der Waals surface area contributed by atoms with Gasteiger partial charge >= 0.3 is 0 Å². The van der Waals surface area contributed by atoms with Gasteiger partial charge < -0.3 is 5.32 Å². The highest BCUT2D eigenvalue weighted by molar-refractivity contribution is 7.08. The van der Waals surface area contributed by atoms with Gasteiger partial charge in [-0.3, -0.25) is 0 Å². The standard InChI is InChI=1S/C9H15NS/c1-3-4-10-5-9-7-11-6-8(9)2/h6-7,10H,3-5H2,1-2H3. The van der Waals surface area contributed by atoms with Crippen LogP contribution in [0.3, 0.4) is 0 Å². The van der Waals surface area contributed by atoms with Gasteiger partial charge in [0.15, 0.2) is 0 Å². The Morgan fingerprint density at radius 1 is 1.45 bits per heavy atom. The average molecular weight is 169 g/mol. The third-order valence-electron chi connectivity index (χ3n) is 1.70. The molecule has 1 aromatic rings. The first kappa shape index (κ1) is 8.75. The average Bonchev–Trinajstić information content (AvgIpc) is 2.37. The fourth-order valence-corrected chi connectivity index (χ4v) is 1.82. The maximum atomic E-state index is 3.38. The quantitative estimate of drug-likeness (QED) is 0.683. The van der Waals surface area contributed by atoms with E-state index in [-0.39, 0.29) is 0 Å². The van der Waals surface area contributed by atoms with Crippen LogP contribution in [0.25, 0.3) is 0 Å². The fraction of sp³-hybridized carbons (Fsp3) is 0.556. The van der Waals surface area contributed by atoms with Crippen molar-refractivity contribution in [1.82, 2.24) is 5.32 Å². The molecular formula is C9H15NS. The van der Waals surface area contributed by atoms with Crippen LogP contribution in [-0.2, 0) is 6.54 Å². The SMILES string of the molecule is CCCNCc1cscc1C. The van der Waals surface area contributed by atoms with E-state index in [0.717, 1.165) is 13.1 Å². The first-order valence-electron chi connectivity index (χ1n) is 4.07. The Balaban J connectivity index is 2.32. The number of thiophene rings is 1. The van der Waals surface area contributed by atoms with Crippen LogP contribution in [0.2, 0.25) is 0 Å². The van der Waals surface area contributed by atoms with Gasteiger partial charge in [0, 0.05) is 6.54 Å². The van der Waals surface area contributed by atoms with Gasteiger partial charge in [0.1, 0.15) is 0 Å². The summed E-state index contributed by atoms with van der Waals surface area (Å²) in [4.78, 5) is 0. The highest BCUT2D eigenvalue weighted by atomic mass is 32.1. The van der Waals surface area contributed by atoms with E-state index in [1.807, 2.05) is 0 Å². The zero-order valence-electron chi connectivity index (χ0n) is 7.18. The van der Waals surface area contributed by atoms with Crippen molar-refractivity contribution in [2.24, 2.45) is 0 Å². The van der Waals surface area contributed by atoms with Gasteiger partial charge in [0.25, 0.3) is 0 Å². The van der Waals surface area contributed by atoms with E-state index in [1.165, 1.54) is 17.5 Å². The zero-order valence-corrected chi connectivity index (χ0v) is 8.00.